The SMILES string of the molecule is CCCNC(=O)c1ccc(NC(=O)CNc2cc(OC)ccc2OC)cc1. The summed E-state index contributed by atoms with van der Waals surface area (Å²) in [5, 5.41) is 8.62. The zero-order valence-electron chi connectivity index (χ0n) is 15.8. The quantitative estimate of drug-likeness (QED) is 0.631. The van der Waals surface area contributed by atoms with Crippen molar-refractivity contribution < 1.29 is 19.1 Å². The van der Waals surface area contributed by atoms with E-state index in [1.54, 1.807) is 56.7 Å². The van der Waals surface area contributed by atoms with Crippen LogP contribution in [-0.4, -0.2) is 39.1 Å². The molecule has 7 nitrogen and oxygen atoms in total. The van der Waals surface area contributed by atoms with Gasteiger partial charge >= 0.3 is 0 Å². The lowest BCUT2D eigenvalue weighted by Crippen LogP contribution is -2.24. The highest BCUT2D eigenvalue weighted by Crippen LogP contribution is 2.28. The third-order valence-corrected chi connectivity index (χ3v) is 3.81. The Morgan fingerprint density at radius 3 is 2.37 bits per heavy atom. The van der Waals surface area contributed by atoms with Crippen LogP contribution in [0.25, 0.3) is 0 Å². The molecule has 0 atom stereocenters. The first-order valence-electron chi connectivity index (χ1n) is 8.71. The maximum atomic E-state index is 12.2. The van der Waals surface area contributed by atoms with Crippen LogP contribution in [-0.2, 0) is 4.79 Å². The molecule has 0 saturated heterocycles. The highest BCUT2D eigenvalue weighted by atomic mass is 16.5. The summed E-state index contributed by atoms with van der Waals surface area (Å²) in [6, 6.07) is 12.1. The number of benzene rings is 2. The number of hydrogen-bond donors (Lipinski definition) is 3. The Morgan fingerprint density at radius 2 is 1.74 bits per heavy atom. The van der Waals surface area contributed by atoms with E-state index < -0.39 is 0 Å². The largest absolute Gasteiger partial charge is 0.497 e. The van der Waals surface area contributed by atoms with Crippen LogP contribution in [0.5, 0.6) is 11.5 Å². The lowest BCUT2D eigenvalue weighted by molar-refractivity contribution is -0.114. The molecule has 7 heteroatoms. The van der Waals surface area contributed by atoms with Crippen LogP contribution in [0.15, 0.2) is 42.5 Å². The fourth-order valence-electron chi connectivity index (χ4n) is 2.38. The first-order valence-corrected chi connectivity index (χ1v) is 8.71. The number of anilines is 2. The number of methoxy groups -OCH3 is 2. The van der Waals surface area contributed by atoms with E-state index in [1.807, 2.05) is 6.92 Å². The maximum absolute atomic E-state index is 12.2. The molecular formula is C20H25N3O4. The summed E-state index contributed by atoms with van der Waals surface area (Å²) in [4.78, 5) is 24.1. The van der Waals surface area contributed by atoms with Crippen LogP contribution >= 0.6 is 0 Å². The van der Waals surface area contributed by atoms with Gasteiger partial charge < -0.3 is 25.4 Å². The Kier molecular flexibility index (Phi) is 7.49. The lowest BCUT2D eigenvalue weighted by atomic mass is 10.2. The van der Waals surface area contributed by atoms with Crippen molar-refractivity contribution in [3.8, 4) is 11.5 Å². The topological polar surface area (TPSA) is 88.7 Å². The molecule has 0 fully saturated rings. The van der Waals surface area contributed by atoms with Crippen molar-refractivity contribution in [3.05, 3.63) is 48.0 Å². The summed E-state index contributed by atoms with van der Waals surface area (Å²) in [5.41, 5.74) is 1.84. The Bertz CT molecular complexity index is 775. The molecule has 0 aliphatic heterocycles. The molecule has 0 heterocycles. The fourth-order valence-corrected chi connectivity index (χ4v) is 2.38. The summed E-state index contributed by atoms with van der Waals surface area (Å²) < 4.78 is 10.5. The van der Waals surface area contributed by atoms with Crippen molar-refractivity contribution >= 4 is 23.2 Å². The molecule has 2 rings (SSSR count). The Morgan fingerprint density at radius 1 is 1.00 bits per heavy atom. The number of nitrogens with one attached hydrogen (secondary N) is 3. The van der Waals surface area contributed by atoms with E-state index in [2.05, 4.69) is 16.0 Å². The van der Waals surface area contributed by atoms with Gasteiger partial charge in [-0.1, -0.05) is 6.92 Å². The highest BCUT2D eigenvalue weighted by molar-refractivity contribution is 5.96. The molecule has 0 radical (unpaired) electrons. The summed E-state index contributed by atoms with van der Waals surface area (Å²) in [5.74, 6) is 0.936. The normalized spacial score (nSPS) is 10.0. The summed E-state index contributed by atoms with van der Waals surface area (Å²) in [6.07, 6.45) is 0.880. The van der Waals surface area contributed by atoms with Crippen molar-refractivity contribution in [1.82, 2.24) is 5.32 Å². The van der Waals surface area contributed by atoms with E-state index in [4.69, 9.17) is 9.47 Å². The fraction of sp³-hybridized carbons (Fsp3) is 0.300. The van der Waals surface area contributed by atoms with E-state index in [0.29, 0.717) is 35.0 Å². The smallest absolute Gasteiger partial charge is 0.251 e. The second kappa shape index (κ2) is 10.1. The third-order valence-electron chi connectivity index (χ3n) is 3.81. The second-order valence-corrected chi connectivity index (χ2v) is 5.80. The average molecular weight is 371 g/mol. The van der Waals surface area contributed by atoms with Crippen molar-refractivity contribution in [1.29, 1.82) is 0 Å². The van der Waals surface area contributed by atoms with E-state index in [-0.39, 0.29) is 18.4 Å². The molecule has 2 aromatic rings. The summed E-state index contributed by atoms with van der Waals surface area (Å²) in [7, 11) is 3.13. The molecule has 0 bridgehead atoms. The summed E-state index contributed by atoms with van der Waals surface area (Å²) in [6.45, 7) is 2.69. The van der Waals surface area contributed by atoms with Gasteiger partial charge in [0.2, 0.25) is 5.91 Å². The van der Waals surface area contributed by atoms with Crippen LogP contribution in [0.3, 0.4) is 0 Å². The molecule has 0 unspecified atom stereocenters. The first kappa shape index (κ1) is 20.1. The maximum Gasteiger partial charge on any atom is 0.251 e. The number of amides is 2. The molecule has 2 amide bonds. The molecule has 2 aromatic carbocycles. The Labute approximate surface area is 159 Å². The van der Waals surface area contributed by atoms with Crippen LogP contribution in [0.1, 0.15) is 23.7 Å². The van der Waals surface area contributed by atoms with Gasteiger partial charge in [-0.3, -0.25) is 9.59 Å². The van der Waals surface area contributed by atoms with Crippen molar-refractivity contribution in [3.63, 3.8) is 0 Å². The predicted octanol–water partition coefficient (Wildman–Crippen LogP) is 2.89. The van der Waals surface area contributed by atoms with Gasteiger partial charge in [0.05, 0.1) is 26.5 Å². The standard InChI is InChI=1S/C20H25N3O4/c1-4-11-21-20(25)14-5-7-15(8-6-14)23-19(24)13-22-17-12-16(26-2)9-10-18(17)27-3/h5-10,12,22H,4,11,13H2,1-3H3,(H,21,25)(H,23,24). The number of ether oxygens (including phenoxy) is 2. The lowest BCUT2D eigenvalue weighted by Gasteiger charge is -2.13. The molecule has 0 spiro atoms. The van der Waals surface area contributed by atoms with Crippen molar-refractivity contribution in [2.75, 3.05) is 37.9 Å². The van der Waals surface area contributed by atoms with E-state index in [9.17, 15) is 9.59 Å². The van der Waals surface area contributed by atoms with Gasteiger partial charge in [-0.2, -0.15) is 0 Å². The summed E-state index contributed by atoms with van der Waals surface area (Å²) >= 11 is 0. The molecule has 0 aromatic heterocycles. The average Bonchev–Trinajstić information content (AvgIpc) is 2.70. The van der Waals surface area contributed by atoms with E-state index in [0.717, 1.165) is 6.42 Å². The third kappa shape index (κ3) is 5.91. The van der Waals surface area contributed by atoms with Gasteiger partial charge in [0, 0.05) is 23.9 Å². The zero-order valence-corrected chi connectivity index (χ0v) is 15.8. The Hall–Kier alpha value is -3.22. The van der Waals surface area contributed by atoms with Crippen LogP contribution in [0.4, 0.5) is 11.4 Å². The molecule has 0 aliphatic carbocycles. The number of carbonyl (C=O) groups is 2. The van der Waals surface area contributed by atoms with E-state index in [1.165, 1.54) is 0 Å². The van der Waals surface area contributed by atoms with Gasteiger partial charge in [0.1, 0.15) is 11.5 Å². The molecule has 0 aliphatic rings. The van der Waals surface area contributed by atoms with Crippen molar-refractivity contribution in [2.45, 2.75) is 13.3 Å². The van der Waals surface area contributed by atoms with Crippen molar-refractivity contribution in [2.24, 2.45) is 0 Å². The van der Waals surface area contributed by atoms with Gasteiger partial charge in [-0.25, -0.2) is 0 Å². The minimum absolute atomic E-state index is 0.0578. The molecule has 0 saturated carbocycles. The van der Waals surface area contributed by atoms with Crippen LogP contribution in [0, 0.1) is 0 Å². The second-order valence-electron chi connectivity index (χ2n) is 5.80. The minimum Gasteiger partial charge on any atom is -0.497 e. The molecular weight excluding hydrogens is 346 g/mol. The van der Waals surface area contributed by atoms with Gasteiger partial charge in [-0.05, 0) is 42.8 Å². The first-order chi connectivity index (χ1) is 13.1. The molecule has 144 valence electrons. The van der Waals surface area contributed by atoms with E-state index >= 15 is 0 Å². The monoisotopic (exact) mass is 371 g/mol. The molecule has 3 N–H and O–H groups in total. The zero-order chi connectivity index (χ0) is 19.6. The number of hydrogen-bond acceptors (Lipinski definition) is 5. The number of carbonyl (C=O) groups excluding carboxylic acids is 2. The number of rotatable bonds is 9. The Balaban J connectivity index is 1.91. The minimum atomic E-state index is -0.219. The predicted molar refractivity (Wildman–Crippen MR) is 106 cm³/mol. The highest BCUT2D eigenvalue weighted by Gasteiger charge is 2.09. The van der Waals surface area contributed by atoms with Gasteiger partial charge in [-0.15, -0.1) is 0 Å². The van der Waals surface area contributed by atoms with Gasteiger partial charge in [0.25, 0.3) is 5.91 Å². The molecule has 27 heavy (non-hydrogen) atoms. The van der Waals surface area contributed by atoms with Gasteiger partial charge in [0.15, 0.2) is 0 Å². The van der Waals surface area contributed by atoms with Crippen LogP contribution < -0.4 is 25.4 Å². The van der Waals surface area contributed by atoms with Crippen LogP contribution in [0.2, 0.25) is 0 Å².